The molecule has 0 bridgehead atoms. The molecule has 1 atom stereocenters. The van der Waals surface area contributed by atoms with Crippen LogP contribution >= 0.6 is 23.4 Å². The molecule has 0 spiro atoms. The number of aromatic amines is 1. The van der Waals surface area contributed by atoms with Crippen LogP contribution in [0.15, 0.2) is 28.3 Å². The molecule has 0 saturated carbocycles. The predicted octanol–water partition coefficient (Wildman–Crippen LogP) is 2.15. The third kappa shape index (κ3) is 4.11. The zero-order chi connectivity index (χ0) is 16.1. The third-order valence-electron chi connectivity index (χ3n) is 2.80. The van der Waals surface area contributed by atoms with Crippen molar-refractivity contribution in [2.24, 2.45) is 0 Å². The van der Waals surface area contributed by atoms with E-state index in [0.717, 1.165) is 6.42 Å². The Kier molecular flexibility index (Phi) is 5.62. The lowest BCUT2D eigenvalue weighted by molar-refractivity contribution is -0.115. The molecule has 0 radical (unpaired) electrons. The number of carbonyl (C=O) groups is 1. The van der Waals surface area contributed by atoms with E-state index in [1.165, 1.54) is 22.5 Å². The van der Waals surface area contributed by atoms with Gasteiger partial charge in [-0.25, -0.2) is 14.9 Å². The van der Waals surface area contributed by atoms with Gasteiger partial charge in [-0.05, 0) is 25.5 Å². The minimum Gasteiger partial charge on any atom is -0.310 e. The van der Waals surface area contributed by atoms with Gasteiger partial charge in [0.15, 0.2) is 5.16 Å². The van der Waals surface area contributed by atoms with E-state index in [2.05, 4.69) is 20.5 Å². The number of hydrogen-bond donors (Lipinski definition) is 2. The molecule has 2 aromatic heterocycles. The third-order valence-corrected chi connectivity index (χ3v) is 4.11. The van der Waals surface area contributed by atoms with Crippen LogP contribution in [0.1, 0.15) is 20.3 Å². The van der Waals surface area contributed by atoms with Gasteiger partial charge in [-0.15, -0.1) is 5.10 Å². The number of amides is 1. The fourth-order valence-electron chi connectivity index (χ4n) is 1.70. The Labute approximate surface area is 136 Å². The Bertz CT molecular complexity index is 697. The van der Waals surface area contributed by atoms with Crippen LogP contribution in [0.2, 0.25) is 5.02 Å². The van der Waals surface area contributed by atoms with E-state index in [9.17, 15) is 9.59 Å². The van der Waals surface area contributed by atoms with E-state index < -0.39 is 5.25 Å². The number of pyridine rings is 1. The van der Waals surface area contributed by atoms with Gasteiger partial charge in [-0.1, -0.05) is 30.3 Å². The van der Waals surface area contributed by atoms with E-state index in [1.54, 1.807) is 19.1 Å². The van der Waals surface area contributed by atoms with Crippen LogP contribution in [-0.2, 0) is 11.3 Å². The number of H-pyrrole nitrogens is 1. The largest absolute Gasteiger partial charge is 0.343 e. The van der Waals surface area contributed by atoms with Crippen LogP contribution in [-0.4, -0.2) is 30.9 Å². The highest BCUT2D eigenvalue weighted by Crippen LogP contribution is 2.21. The van der Waals surface area contributed by atoms with Gasteiger partial charge >= 0.3 is 5.69 Å². The zero-order valence-electron chi connectivity index (χ0n) is 12.2. The maximum absolute atomic E-state index is 12.1. The van der Waals surface area contributed by atoms with Gasteiger partial charge in [0.25, 0.3) is 0 Å². The Balaban J connectivity index is 2.02. The molecule has 9 heteroatoms. The van der Waals surface area contributed by atoms with E-state index in [1.807, 2.05) is 6.92 Å². The molecule has 0 aromatic carbocycles. The molecule has 0 aliphatic rings. The summed E-state index contributed by atoms with van der Waals surface area (Å²) in [5.74, 6) is 0.202. The minimum absolute atomic E-state index is 0.224. The molecule has 22 heavy (non-hydrogen) atoms. The molecular formula is C13H16ClN5O2S. The molecule has 2 rings (SSSR count). The molecular weight excluding hydrogens is 326 g/mol. The second-order valence-electron chi connectivity index (χ2n) is 4.57. The molecule has 1 amide bonds. The Morgan fingerprint density at radius 1 is 1.55 bits per heavy atom. The highest BCUT2D eigenvalue weighted by Gasteiger charge is 2.19. The maximum atomic E-state index is 12.1. The van der Waals surface area contributed by atoms with Crippen LogP contribution in [0.4, 0.5) is 5.82 Å². The number of nitrogens with one attached hydrogen (secondary N) is 2. The number of hydrogen-bond acceptors (Lipinski definition) is 5. The number of carbonyl (C=O) groups excluding carboxylic acids is 1. The van der Waals surface area contributed by atoms with Crippen LogP contribution in [0.3, 0.4) is 0 Å². The molecule has 0 unspecified atom stereocenters. The molecule has 2 aromatic rings. The number of nitrogens with zero attached hydrogens (tertiary/aromatic N) is 3. The van der Waals surface area contributed by atoms with Crippen molar-refractivity contribution >= 4 is 35.1 Å². The lowest BCUT2D eigenvalue weighted by Gasteiger charge is -2.11. The fourth-order valence-corrected chi connectivity index (χ4v) is 2.70. The topological polar surface area (TPSA) is 92.7 Å². The van der Waals surface area contributed by atoms with Crippen molar-refractivity contribution in [3.8, 4) is 0 Å². The maximum Gasteiger partial charge on any atom is 0.343 e. The van der Waals surface area contributed by atoms with E-state index >= 15 is 0 Å². The lowest BCUT2D eigenvalue weighted by Crippen LogP contribution is -2.24. The standard InChI is InChI=1S/C13H16ClN5O2S/c1-3-6-19-12(21)17-18-13(19)22-8(2)11(20)16-10-5-4-9(14)7-15-10/h4-5,7-8H,3,6H2,1-2H3,(H,17,21)(H,15,16,20)/t8-/m1/s1. The summed E-state index contributed by atoms with van der Waals surface area (Å²) in [4.78, 5) is 27.8. The molecule has 2 N–H and O–H groups in total. The van der Waals surface area contributed by atoms with Gasteiger partial charge in [-0.3, -0.25) is 9.36 Å². The lowest BCUT2D eigenvalue weighted by atomic mass is 10.4. The van der Waals surface area contributed by atoms with Crippen molar-refractivity contribution in [1.82, 2.24) is 19.7 Å². The van der Waals surface area contributed by atoms with Crippen LogP contribution < -0.4 is 11.0 Å². The first kappa shape index (κ1) is 16.6. The normalized spacial score (nSPS) is 12.1. The summed E-state index contributed by atoms with van der Waals surface area (Å²) in [6, 6.07) is 3.27. The quantitative estimate of drug-likeness (QED) is 0.785. The van der Waals surface area contributed by atoms with Gasteiger partial charge in [-0.2, -0.15) is 0 Å². The Hall–Kier alpha value is -1.80. The first-order valence-electron chi connectivity index (χ1n) is 6.75. The number of aromatic nitrogens is 4. The molecule has 2 heterocycles. The molecule has 0 aliphatic carbocycles. The number of thioether (sulfide) groups is 1. The Morgan fingerprint density at radius 3 is 2.95 bits per heavy atom. The highest BCUT2D eigenvalue weighted by atomic mass is 35.5. The molecule has 0 saturated heterocycles. The highest BCUT2D eigenvalue weighted by molar-refractivity contribution is 8.00. The summed E-state index contributed by atoms with van der Waals surface area (Å²) in [7, 11) is 0. The van der Waals surface area contributed by atoms with Crippen LogP contribution in [0.25, 0.3) is 0 Å². The van der Waals surface area contributed by atoms with Crippen molar-refractivity contribution < 1.29 is 4.79 Å². The van der Waals surface area contributed by atoms with Gasteiger partial charge < -0.3 is 5.32 Å². The summed E-state index contributed by atoms with van der Waals surface area (Å²) in [5, 5.41) is 9.62. The van der Waals surface area contributed by atoms with Crippen LogP contribution in [0, 0.1) is 0 Å². The van der Waals surface area contributed by atoms with Crippen molar-refractivity contribution in [1.29, 1.82) is 0 Å². The molecule has 118 valence electrons. The minimum atomic E-state index is -0.428. The predicted molar refractivity (Wildman–Crippen MR) is 86.3 cm³/mol. The summed E-state index contributed by atoms with van der Waals surface area (Å²) in [6.07, 6.45) is 2.27. The monoisotopic (exact) mass is 341 g/mol. The summed E-state index contributed by atoms with van der Waals surface area (Å²) in [6.45, 7) is 4.27. The van der Waals surface area contributed by atoms with Gasteiger partial charge in [0.1, 0.15) is 5.82 Å². The smallest absolute Gasteiger partial charge is 0.310 e. The van der Waals surface area contributed by atoms with Crippen molar-refractivity contribution in [2.45, 2.75) is 37.2 Å². The van der Waals surface area contributed by atoms with Gasteiger partial charge in [0.2, 0.25) is 5.91 Å². The van der Waals surface area contributed by atoms with Gasteiger partial charge in [0, 0.05) is 12.7 Å². The average molecular weight is 342 g/mol. The Morgan fingerprint density at radius 2 is 2.32 bits per heavy atom. The number of halogens is 1. The summed E-state index contributed by atoms with van der Waals surface area (Å²) in [5.41, 5.74) is -0.267. The van der Waals surface area contributed by atoms with Crippen LogP contribution in [0.5, 0.6) is 0 Å². The summed E-state index contributed by atoms with van der Waals surface area (Å²) >= 11 is 6.96. The van der Waals surface area contributed by atoms with Crippen molar-refractivity contribution in [3.63, 3.8) is 0 Å². The SMILES string of the molecule is CCCn1c(S[C@H](C)C(=O)Nc2ccc(Cl)cn2)n[nH]c1=O. The first-order chi connectivity index (χ1) is 10.5. The molecule has 0 aliphatic heterocycles. The molecule has 0 fully saturated rings. The van der Waals surface area contributed by atoms with E-state index in [-0.39, 0.29) is 11.6 Å². The van der Waals surface area contributed by atoms with E-state index in [0.29, 0.717) is 22.5 Å². The fraction of sp³-hybridized carbons (Fsp3) is 0.385. The number of anilines is 1. The summed E-state index contributed by atoms with van der Waals surface area (Å²) < 4.78 is 1.52. The van der Waals surface area contributed by atoms with Crippen molar-refractivity contribution in [2.75, 3.05) is 5.32 Å². The molecule has 7 nitrogen and oxygen atoms in total. The zero-order valence-corrected chi connectivity index (χ0v) is 13.7. The van der Waals surface area contributed by atoms with Gasteiger partial charge in [0.05, 0.1) is 10.3 Å². The first-order valence-corrected chi connectivity index (χ1v) is 8.01. The van der Waals surface area contributed by atoms with Crippen molar-refractivity contribution in [3.05, 3.63) is 33.8 Å². The average Bonchev–Trinajstić information content (AvgIpc) is 2.83. The second-order valence-corrected chi connectivity index (χ2v) is 6.32. The second kappa shape index (κ2) is 7.46. The number of rotatable bonds is 6. The van der Waals surface area contributed by atoms with E-state index in [4.69, 9.17) is 11.6 Å².